The van der Waals surface area contributed by atoms with Gasteiger partial charge in [0.2, 0.25) is 0 Å². The first-order chi connectivity index (χ1) is 7.55. The van der Waals surface area contributed by atoms with Gasteiger partial charge in [0.05, 0.1) is 0 Å². The maximum atomic E-state index is 2.32. The lowest BCUT2D eigenvalue weighted by Crippen LogP contribution is -2.20. The van der Waals surface area contributed by atoms with Crippen LogP contribution in [0.5, 0.6) is 0 Å². The third kappa shape index (κ3) is 2.90. The molecule has 0 aromatic heterocycles. The molecule has 1 atom stereocenters. The zero-order valence-electron chi connectivity index (χ0n) is 11.5. The molecule has 0 nitrogen and oxygen atoms in total. The molecule has 16 heavy (non-hydrogen) atoms. The first-order valence-electron chi connectivity index (χ1n) is 6.65. The molecule has 0 aliphatic carbocycles. The van der Waals surface area contributed by atoms with Crippen molar-refractivity contribution in [1.29, 1.82) is 0 Å². The highest BCUT2D eigenvalue weighted by Gasteiger charge is 2.18. The Hall–Kier alpha value is -0.715. The maximum Gasteiger partial charge on any atom is 0.114 e. The highest BCUT2D eigenvalue weighted by atomic mass is 14.2. The van der Waals surface area contributed by atoms with E-state index in [0.717, 1.165) is 5.92 Å². The zero-order chi connectivity index (χ0) is 12.2. The fourth-order valence-electron chi connectivity index (χ4n) is 2.17. The molecule has 0 amide bonds. The molecule has 1 heteroatoms. The molecule has 1 aromatic carbocycles. The van der Waals surface area contributed by atoms with Crippen LogP contribution in [0.2, 0.25) is 0 Å². The minimum atomic E-state index is 0.312. The van der Waals surface area contributed by atoms with Gasteiger partial charge in [0.25, 0.3) is 0 Å². The van der Waals surface area contributed by atoms with Crippen molar-refractivity contribution in [3.05, 3.63) is 35.4 Å². The van der Waals surface area contributed by atoms with Gasteiger partial charge in [-0.3, -0.25) is 0 Å². The Labute approximate surface area is 102 Å². The van der Waals surface area contributed by atoms with E-state index in [4.69, 9.17) is 0 Å². The van der Waals surface area contributed by atoms with Gasteiger partial charge in [-0.2, -0.15) is 0 Å². The molecule has 0 fully saturated rings. The molecule has 1 aromatic rings. The SMILES string of the molecule is BC(C)(CC)c1ccc(C(CC)CC)cc1. The largest absolute Gasteiger partial charge is 0.114 e. The number of hydrogen-bond donors (Lipinski definition) is 0. The van der Waals surface area contributed by atoms with E-state index in [0.29, 0.717) is 5.31 Å². The molecule has 0 aliphatic heterocycles. The van der Waals surface area contributed by atoms with E-state index in [1.54, 1.807) is 0 Å². The second-order valence-electron chi connectivity index (χ2n) is 5.37. The lowest BCUT2D eigenvalue weighted by atomic mass is 9.64. The summed E-state index contributed by atoms with van der Waals surface area (Å²) < 4.78 is 0. The van der Waals surface area contributed by atoms with Crippen LogP contribution in [0.15, 0.2) is 24.3 Å². The minimum absolute atomic E-state index is 0.312. The summed E-state index contributed by atoms with van der Waals surface area (Å²) in [7, 11) is 2.32. The summed E-state index contributed by atoms with van der Waals surface area (Å²) in [6, 6.07) is 9.28. The van der Waals surface area contributed by atoms with Gasteiger partial charge in [-0.15, -0.1) is 0 Å². The van der Waals surface area contributed by atoms with Crippen LogP contribution in [0.25, 0.3) is 0 Å². The summed E-state index contributed by atoms with van der Waals surface area (Å²) in [5.74, 6) is 0.735. The Kier molecular flexibility index (Phi) is 4.64. The topological polar surface area (TPSA) is 0 Å². The van der Waals surface area contributed by atoms with Crippen molar-refractivity contribution in [2.45, 2.75) is 58.2 Å². The van der Waals surface area contributed by atoms with Crippen LogP contribution in [0.3, 0.4) is 0 Å². The molecule has 1 rings (SSSR count). The van der Waals surface area contributed by atoms with E-state index in [9.17, 15) is 0 Å². The number of rotatable bonds is 5. The Balaban J connectivity index is 2.90. The Bertz CT molecular complexity index is 307. The summed E-state index contributed by atoms with van der Waals surface area (Å²) in [6.07, 6.45) is 3.68. The molecule has 0 saturated carbocycles. The van der Waals surface area contributed by atoms with Gasteiger partial charge >= 0.3 is 0 Å². The molecule has 0 spiro atoms. The second kappa shape index (κ2) is 5.56. The Morgan fingerprint density at radius 2 is 1.56 bits per heavy atom. The second-order valence-corrected chi connectivity index (χ2v) is 5.37. The van der Waals surface area contributed by atoms with Crippen LogP contribution in [0.4, 0.5) is 0 Å². The smallest absolute Gasteiger partial charge is 0.0652 e. The molecule has 0 N–H and O–H groups in total. The minimum Gasteiger partial charge on any atom is -0.0652 e. The van der Waals surface area contributed by atoms with E-state index < -0.39 is 0 Å². The van der Waals surface area contributed by atoms with E-state index >= 15 is 0 Å². The van der Waals surface area contributed by atoms with Gasteiger partial charge in [0.15, 0.2) is 0 Å². The number of hydrogen-bond acceptors (Lipinski definition) is 0. The van der Waals surface area contributed by atoms with Crippen molar-refractivity contribution < 1.29 is 0 Å². The van der Waals surface area contributed by atoms with Crippen molar-refractivity contribution in [1.82, 2.24) is 0 Å². The molecular formula is C15H25B. The van der Waals surface area contributed by atoms with Crippen LogP contribution in [-0.2, 0) is 5.31 Å². The van der Waals surface area contributed by atoms with Crippen molar-refractivity contribution in [2.24, 2.45) is 0 Å². The molecule has 88 valence electrons. The predicted molar refractivity (Wildman–Crippen MR) is 76.0 cm³/mol. The van der Waals surface area contributed by atoms with Gasteiger partial charge in [-0.05, 0) is 29.6 Å². The van der Waals surface area contributed by atoms with Crippen LogP contribution in [-0.4, -0.2) is 7.85 Å². The average Bonchev–Trinajstić information content (AvgIpc) is 2.31. The fourth-order valence-corrected chi connectivity index (χ4v) is 2.17. The molecular weight excluding hydrogens is 191 g/mol. The predicted octanol–water partition coefficient (Wildman–Crippen LogP) is 3.85. The molecule has 0 heterocycles. The number of benzene rings is 1. The maximum absolute atomic E-state index is 2.32. The van der Waals surface area contributed by atoms with Crippen molar-refractivity contribution >= 4 is 7.85 Å². The van der Waals surface area contributed by atoms with E-state index in [1.165, 1.54) is 30.4 Å². The molecule has 0 bridgehead atoms. The summed E-state index contributed by atoms with van der Waals surface area (Å²) in [4.78, 5) is 0. The van der Waals surface area contributed by atoms with Crippen LogP contribution in [0.1, 0.15) is 64.0 Å². The van der Waals surface area contributed by atoms with Crippen molar-refractivity contribution in [3.63, 3.8) is 0 Å². The molecule has 1 unspecified atom stereocenters. The molecule has 0 saturated heterocycles. The fraction of sp³-hybridized carbons (Fsp3) is 0.600. The van der Waals surface area contributed by atoms with Gasteiger partial charge < -0.3 is 0 Å². The average molecular weight is 216 g/mol. The quantitative estimate of drug-likeness (QED) is 0.656. The molecule has 0 radical (unpaired) electrons. The highest BCUT2D eigenvalue weighted by molar-refractivity contribution is 6.15. The zero-order valence-corrected chi connectivity index (χ0v) is 11.5. The normalized spacial score (nSPS) is 15.1. The third-order valence-electron chi connectivity index (χ3n) is 4.03. The van der Waals surface area contributed by atoms with Gasteiger partial charge in [-0.1, -0.05) is 63.9 Å². The van der Waals surface area contributed by atoms with Crippen LogP contribution < -0.4 is 0 Å². The Morgan fingerprint density at radius 3 is 1.94 bits per heavy atom. The van der Waals surface area contributed by atoms with Gasteiger partial charge in [-0.25, -0.2) is 0 Å². The van der Waals surface area contributed by atoms with E-state index in [2.05, 4.69) is 59.8 Å². The van der Waals surface area contributed by atoms with Crippen LogP contribution >= 0.6 is 0 Å². The summed E-state index contributed by atoms with van der Waals surface area (Å²) >= 11 is 0. The lowest BCUT2D eigenvalue weighted by Gasteiger charge is -2.24. The summed E-state index contributed by atoms with van der Waals surface area (Å²) in [5, 5.41) is 0.312. The first-order valence-corrected chi connectivity index (χ1v) is 6.65. The first kappa shape index (κ1) is 13.4. The van der Waals surface area contributed by atoms with Crippen molar-refractivity contribution in [2.75, 3.05) is 0 Å². The standard InChI is InChI=1S/C15H25B/c1-5-12(6-2)13-8-10-14(11-9-13)15(4,16)7-3/h8-12H,5-7,16H2,1-4H3. The summed E-state index contributed by atoms with van der Waals surface area (Å²) in [6.45, 7) is 9.13. The summed E-state index contributed by atoms with van der Waals surface area (Å²) in [5.41, 5.74) is 2.96. The highest BCUT2D eigenvalue weighted by Crippen LogP contribution is 2.27. The monoisotopic (exact) mass is 216 g/mol. The third-order valence-corrected chi connectivity index (χ3v) is 4.03. The van der Waals surface area contributed by atoms with Gasteiger partial charge in [0, 0.05) is 0 Å². The van der Waals surface area contributed by atoms with Crippen molar-refractivity contribution in [3.8, 4) is 0 Å². The van der Waals surface area contributed by atoms with E-state index in [1.807, 2.05) is 0 Å². The lowest BCUT2D eigenvalue weighted by molar-refractivity contribution is 0.633. The van der Waals surface area contributed by atoms with Crippen LogP contribution in [0, 0.1) is 0 Å². The Morgan fingerprint density at radius 1 is 1.06 bits per heavy atom. The molecule has 0 aliphatic rings. The van der Waals surface area contributed by atoms with Gasteiger partial charge in [0.1, 0.15) is 7.85 Å². The van der Waals surface area contributed by atoms with E-state index in [-0.39, 0.29) is 0 Å².